The average molecular weight is 328 g/mol. The van der Waals surface area contributed by atoms with Gasteiger partial charge in [-0.15, -0.1) is 10.2 Å². The molecule has 2 aromatic rings. The molecule has 6 nitrogen and oxygen atoms in total. The Morgan fingerprint density at radius 1 is 1.33 bits per heavy atom. The van der Waals surface area contributed by atoms with Gasteiger partial charge in [-0.1, -0.05) is 12.1 Å². The smallest absolute Gasteiger partial charge is 0.227 e. The third-order valence-electron chi connectivity index (χ3n) is 4.48. The molecule has 1 fully saturated rings. The van der Waals surface area contributed by atoms with Crippen LogP contribution in [0.25, 0.3) is 0 Å². The number of hydrogen-bond donors (Lipinski definition) is 0. The molecular formula is C18H24N4O2. The van der Waals surface area contributed by atoms with Gasteiger partial charge in [-0.25, -0.2) is 0 Å². The fraction of sp³-hybridized carbons (Fsp3) is 0.500. The van der Waals surface area contributed by atoms with Crippen LogP contribution in [-0.2, 0) is 18.3 Å². The van der Waals surface area contributed by atoms with E-state index in [0.717, 1.165) is 43.1 Å². The van der Waals surface area contributed by atoms with E-state index in [1.54, 1.807) is 6.33 Å². The summed E-state index contributed by atoms with van der Waals surface area (Å²) in [5.41, 5.74) is 1.02. The average Bonchev–Trinajstić information content (AvgIpc) is 3.03. The molecule has 1 aromatic heterocycles. The minimum atomic E-state index is 0.172. The number of nitrogens with zero attached hydrogens (tertiary/aromatic N) is 4. The number of carbonyl (C=O) groups is 1. The summed E-state index contributed by atoms with van der Waals surface area (Å²) in [6, 6.07) is 7.77. The lowest BCUT2D eigenvalue weighted by molar-refractivity contribution is -0.131. The summed E-state index contributed by atoms with van der Waals surface area (Å²) in [5.74, 6) is 2.25. The summed E-state index contributed by atoms with van der Waals surface area (Å²) in [7, 11) is 1.95. The van der Waals surface area contributed by atoms with Crippen LogP contribution in [0.4, 0.5) is 0 Å². The normalized spacial score (nSPS) is 17.8. The number of aromatic nitrogens is 3. The van der Waals surface area contributed by atoms with E-state index >= 15 is 0 Å². The number of rotatable bonds is 5. The van der Waals surface area contributed by atoms with Gasteiger partial charge in [0.1, 0.15) is 17.9 Å². The highest BCUT2D eigenvalue weighted by Gasteiger charge is 2.27. The van der Waals surface area contributed by atoms with Crippen LogP contribution in [0.15, 0.2) is 30.6 Å². The number of piperidine rings is 1. The fourth-order valence-electron chi connectivity index (χ4n) is 3.23. The van der Waals surface area contributed by atoms with Crippen molar-refractivity contribution in [3.8, 4) is 5.75 Å². The molecule has 0 spiro atoms. The van der Waals surface area contributed by atoms with Crippen LogP contribution in [0, 0.1) is 0 Å². The molecule has 1 aromatic carbocycles. The Labute approximate surface area is 142 Å². The second-order valence-corrected chi connectivity index (χ2v) is 6.23. The molecule has 3 rings (SSSR count). The quantitative estimate of drug-likeness (QED) is 0.844. The molecule has 1 aliphatic heterocycles. The Hall–Kier alpha value is -2.37. The molecule has 0 saturated carbocycles. The highest BCUT2D eigenvalue weighted by molar-refractivity contribution is 5.79. The molecule has 0 aliphatic carbocycles. The number of ether oxygens (including phenoxy) is 1. The van der Waals surface area contributed by atoms with Crippen molar-refractivity contribution < 1.29 is 9.53 Å². The lowest BCUT2D eigenvalue weighted by Gasteiger charge is -2.32. The maximum atomic E-state index is 12.6. The van der Waals surface area contributed by atoms with Gasteiger partial charge in [0.2, 0.25) is 5.91 Å². The minimum Gasteiger partial charge on any atom is -0.494 e. The fourth-order valence-corrected chi connectivity index (χ4v) is 3.23. The van der Waals surface area contributed by atoms with Gasteiger partial charge in [0.05, 0.1) is 13.0 Å². The highest BCUT2D eigenvalue weighted by Crippen LogP contribution is 2.25. The first-order valence-electron chi connectivity index (χ1n) is 8.50. The number of amides is 1. The standard InChI is InChI=1S/C18H24N4O2/c1-3-24-16-8-6-14(7-9-16)11-17(23)22-10-4-5-15(12-22)18-20-19-13-21(18)2/h6-9,13,15H,3-5,10-12H2,1-2H3/t15-/m0/s1. The third kappa shape index (κ3) is 3.75. The second kappa shape index (κ2) is 7.47. The summed E-state index contributed by atoms with van der Waals surface area (Å²) in [6.45, 7) is 4.16. The van der Waals surface area contributed by atoms with Gasteiger partial charge in [-0.05, 0) is 37.5 Å². The van der Waals surface area contributed by atoms with Crippen LogP contribution in [0.5, 0.6) is 5.75 Å². The Bertz CT molecular complexity index is 681. The van der Waals surface area contributed by atoms with Crippen LogP contribution in [0.2, 0.25) is 0 Å². The summed E-state index contributed by atoms with van der Waals surface area (Å²) < 4.78 is 7.39. The third-order valence-corrected chi connectivity index (χ3v) is 4.48. The number of aryl methyl sites for hydroxylation is 1. The van der Waals surface area contributed by atoms with E-state index in [0.29, 0.717) is 13.0 Å². The SMILES string of the molecule is CCOc1ccc(CC(=O)N2CCC[C@H](c3nncn3C)C2)cc1. The van der Waals surface area contributed by atoms with E-state index in [-0.39, 0.29) is 11.8 Å². The predicted octanol–water partition coefficient (Wildman–Crippen LogP) is 2.16. The highest BCUT2D eigenvalue weighted by atomic mass is 16.5. The molecule has 0 bridgehead atoms. The summed E-state index contributed by atoms with van der Waals surface area (Å²) in [5, 5.41) is 8.16. The zero-order chi connectivity index (χ0) is 16.9. The minimum absolute atomic E-state index is 0.172. The molecule has 0 N–H and O–H groups in total. The van der Waals surface area contributed by atoms with Crippen LogP contribution < -0.4 is 4.74 Å². The van der Waals surface area contributed by atoms with Crippen LogP contribution in [-0.4, -0.2) is 45.3 Å². The topological polar surface area (TPSA) is 60.2 Å². The first-order valence-corrected chi connectivity index (χ1v) is 8.50. The number of benzene rings is 1. The summed E-state index contributed by atoms with van der Waals surface area (Å²) in [4.78, 5) is 14.6. The van der Waals surface area contributed by atoms with E-state index in [1.165, 1.54) is 0 Å². The van der Waals surface area contributed by atoms with E-state index in [2.05, 4.69) is 10.2 Å². The molecule has 128 valence electrons. The maximum Gasteiger partial charge on any atom is 0.227 e. The van der Waals surface area contributed by atoms with E-state index < -0.39 is 0 Å². The van der Waals surface area contributed by atoms with Gasteiger partial charge in [0.25, 0.3) is 0 Å². The number of likely N-dealkylation sites (tertiary alicyclic amines) is 1. The van der Waals surface area contributed by atoms with Gasteiger partial charge in [0, 0.05) is 26.1 Å². The van der Waals surface area contributed by atoms with Crippen molar-refractivity contribution in [2.24, 2.45) is 7.05 Å². The van der Waals surface area contributed by atoms with Gasteiger partial charge >= 0.3 is 0 Å². The first kappa shape index (κ1) is 16.5. The Morgan fingerprint density at radius 3 is 2.79 bits per heavy atom. The first-order chi connectivity index (χ1) is 11.7. The van der Waals surface area contributed by atoms with E-state index in [1.807, 2.05) is 47.7 Å². The maximum absolute atomic E-state index is 12.6. The van der Waals surface area contributed by atoms with E-state index in [9.17, 15) is 4.79 Å². The van der Waals surface area contributed by atoms with E-state index in [4.69, 9.17) is 4.74 Å². The van der Waals surface area contributed by atoms with Gasteiger partial charge in [-0.3, -0.25) is 4.79 Å². The second-order valence-electron chi connectivity index (χ2n) is 6.23. The Morgan fingerprint density at radius 2 is 2.12 bits per heavy atom. The predicted molar refractivity (Wildman–Crippen MR) is 90.9 cm³/mol. The van der Waals surface area contributed by atoms with Gasteiger partial charge in [-0.2, -0.15) is 0 Å². The van der Waals surface area contributed by atoms with Crippen molar-refractivity contribution in [1.29, 1.82) is 0 Å². The molecule has 2 heterocycles. The summed E-state index contributed by atoms with van der Waals surface area (Å²) in [6.07, 6.45) is 4.21. The molecule has 1 amide bonds. The molecule has 0 unspecified atom stereocenters. The molecule has 6 heteroatoms. The van der Waals surface area contributed by atoms with Crippen LogP contribution >= 0.6 is 0 Å². The van der Waals surface area contributed by atoms with Crippen molar-refractivity contribution in [1.82, 2.24) is 19.7 Å². The zero-order valence-electron chi connectivity index (χ0n) is 14.3. The van der Waals surface area contributed by atoms with Crippen molar-refractivity contribution in [2.75, 3.05) is 19.7 Å². The molecule has 1 aliphatic rings. The lowest BCUT2D eigenvalue weighted by atomic mass is 9.96. The van der Waals surface area contributed by atoms with Crippen molar-refractivity contribution in [3.63, 3.8) is 0 Å². The van der Waals surface area contributed by atoms with Gasteiger partial charge < -0.3 is 14.2 Å². The largest absolute Gasteiger partial charge is 0.494 e. The van der Waals surface area contributed by atoms with Gasteiger partial charge in [0.15, 0.2) is 0 Å². The van der Waals surface area contributed by atoms with Crippen molar-refractivity contribution in [3.05, 3.63) is 42.0 Å². The molecular weight excluding hydrogens is 304 g/mol. The monoisotopic (exact) mass is 328 g/mol. The molecule has 24 heavy (non-hydrogen) atoms. The van der Waals surface area contributed by atoms with Crippen LogP contribution in [0.3, 0.4) is 0 Å². The van der Waals surface area contributed by atoms with Crippen molar-refractivity contribution >= 4 is 5.91 Å². The van der Waals surface area contributed by atoms with Crippen molar-refractivity contribution in [2.45, 2.75) is 32.1 Å². The Kier molecular flexibility index (Phi) is 5.13. The molecule has 0 radical (unpaired) electrons. The Balaban J connectivity index is 1.61. The molecule has 1 saturated heterocycles. The summed E-state index contributed by atoms with van der Waals surface area (Å²) >= 11 is 0. The zero-order valence-corrected chi connectivity index (χ0v) is 14.3. The molecule has 1 atom stereocenters. The lowest BCUT2D eigenvalue weighted by Crippen LogP contribution is -2.40. The number of hydrogen-bond acceptors (Lipinski definition) is 4. The van der Waals surface area contributed by atoms with Crippen LogP contribution in [0.1, 0.15) is 37.1 Å². The number of carbonyl (C=O) groups excluding carboxylic acids is 1.